The molecule has 5 heteroatoms. The lowest BCUT2D eigenvalue weighted by Crippen LogP contribution is -2.43. The SMILES string of the molecule is CN=C(NCc1ccc(C)s1)NC(C)C(C)C.I. The first-order valence-electron chi connectivity index (χ1n) is 6.05. The summed E-state index contributed by atoms with van der Waals surface area (Å²) in [5, 5.41) is 6.72. The predicted molar refractivity (Wildman–Crippen MR) is 92.1 cm³/mol. The molecule has 104 valence electrons. The second-order valence-electron chi connectivity index (χ2n) is 4.62. The molecule has 0 aliphatic heterocycles. The Hall–Kier alpha value is -0.300. The van der Waals surface area contributed by atoms with Crippen molar-refractivity contribution in [2.75, 3.05) is 7.05 Å². The van der Waals surface area contributed by atoms with Crippen LogP contribution in [-0.4, -0.2) is 19.0 Å². The molecule has 0 spiro atoms. The van der Waals surface area contributed by atoms with Crippen LogP contribution in [0.4, 0.5) is 0 Å². The van der Waals surface area contributed by atoms with Crippen molar-refractivity contribution in [1.29, 1.82) is 0 Å². The fourth-order valence-corrected chi connectivity index (χ4v) is 2.16. The van der Waals surface area contributed by atoms with Crippen LogP contribution in [0.5, 0.6) is 0 Å². The van der Waals surface area contributed by atoms with Crippen LogP contribution in [-0.2, 0) is 6.54 Å². The maximum atomic E-state index is 4.23. The van der Waals surface area contributed by atoms with E-state index in [2.05, 4.69) is 55.5 Å². The fourth-order valence-electron chi connectivity index (χ4n) is 1.33. The summed E-state index contributed by atoms with van der Waals surface area (Å²) in [7, 11) is 1.81. The Labute approximate surface area is 131 Å². The van der Waals surface area contributed by atoms with Gasteiger partial charge in [0.1, 0.15) is 0 Å². The number of nitrogens with zero attached hydrogens (tertiary/aromatic N) is 1. The summed E-state index contributed by atoms with van der Waals surface area (Å²) in [5.74, 6) is 1.47. The molecule has 0 aliphatic rings. The largest absolute Gasteiger partial charge is 0.354 e. The van der Waals surface area contributed by atoms with E-state index >= 15 is 0 Å². The number of nitrogens with one attached hydrogen (secondary N) is 2. The molecule has 0 amide bonds. The number of hydrogen-bond donors (Lipinski definition) is 2. The number of halogens is 1. The van der Waals surface area contributed by atoms with Gasteiger partial charge in [0, 0.05) is 22.8 Å². The molecular formula is C13H24IN3S. The molecule has 1 atom stereocenters. The van der Waals surface area contributed by atoms with Gasteiger partial charge in [-0.3, -0.25) is 4.99 Å². The van der Waals surface area contributed by atoms with E-state index in [0.29, 0.717) is 12.0 Å². The normalized spacial score (nSPS) is 13.1. The molecular weight excluding hydrogens is 357 g/mol. The van der Waals surface area contributed by atoms with Crippen LogP contribution in [0.1, 0.15) is 30.5 Å². The van der Waals surface area contributed by atoms with Crippen molar-refractivity contribution in [3.8, 4) is 0 Å². The molecule has 1 unspecified atom stereocenters. The Balaban J connectivity index is 0.00000289. The zero-order chi connectivity index (χ0) is 12.8. The third kappa shape index (κ3) is 6.04. The van der Waals surface area contributed by atoms with E-state index in [4.69, 9.17) is 0 Å². The molecule has 0 saturated carbocycles. The minimum absolute atomic E-state index is 0. The minimum Gasteiger partial charge on any atom is -0.354 e. The van der Waals surface area contributed by atoms with Crippen molar-refractivity contribution in [2.24, 2.45) is 10.9 Å². The van der Waals surface area contributed by atoms with E-state index in [1.165, 1.54) is 9.75 Å². The summed E-state index contributed by atoms with van der Waals surface area (Å²) in [5.41, 5.74) is 0. The van der Waals surface area contributed by atoms with Gasteiger partial charge in [0.15, 0.2) is 5.96 Å². The van der Waals surface area contributed by atoms with Gasteiger partial charge in [-0.25, -0.2) is 0 Å². The predicted octanol–water partition coefficient (Wildman–Crippen LogP) is 3.38. The molecule has 18 heavy (non-hydrogen) atoms. The zero-order valence-corrected chi connectivity index (χ0v) is 14.9. The summed E-state index contributed by atoms with van der Waals surface area (Å²) in [4.78, 5) is 6.91. The van der Waals surface area contributed by atoms with E-state index in [9.17, 15) is 0 Å². The first-order chi connectivity index (χ1) is 8.02. The van der Waals surface area contributed by atoms with Gasteiger partial charge in [-0.2, -0.15) is 0 Å². The third-order valence-corrected chi connectivity index (χ3v) is 3.81. The number of thiophene rings is 1. The van der Waals surface area contributed by atoms with Crippen molar-refractivity contribution in [3.05, 3.63) is 21.9 Å². The lowest BCUT2D eigenvalue weighted by molar-refractivity contribution is 0.481. The van der Waals surface area contributed by atoms with Crippen molar-refractivity contribution in [3.63, 3.8) is 0 Å². The third-order valence-electron chi connectivity index (χ3n) is 2.81. The summed E-state index contributed by atoms with van der Waals surface area (Å²) in [6.45, 7) is 9.54. The zero-order valence-electron chi connectivity index (χ0n) is 11.8. The van der Waals surface area contributed by atoms with Gasteiger partial charge >= 0.3 is 0 Å². The quantitative estimate of drug-likeness (QED) is 0.477. The van der Waals surface area contributed by atoms with Crippen LogP contribution in [0.3, 0.4) is 0 Å². The van der Waals surface area contributed by atoms with Crippen LogP contribution in [0, 0.1) is 12.8 Å². The number of aliphatic imine (C=N–C) groups is 1. The lowest BCUT2D eigenvalue weighted by Gasteiger charge is -2.20. The number of rotatable bonds is 4. The molecule has 0 fully saturated rings. The summed E-state index contributed by atoms with van der Waals surface area (Å²) >= 11 is 1.82. The summed E-state index contributed by atoms with van der Waals surface area (Å²) in [6, 6.07) is 4.73. The van der Waals surface area contributed by atoms with E-state index < -0.39 is 0 Å². The smallest absolute Gasteiger partial charge is 0.191 e. The van der Waals surface area contributed by atoms with Crippen molar-refractivity contribution < 1.29 is 0 Å². The highest BCUT2D eigenvalue weighted by Crippen LogP contribution is 2.14. The molecule has 2 N–H and O–H groups in total. The number of hydrogen-bond acceptors (Lipinski definition) is 2. The number of aryl methyl sites for hydroxylation is 1. The van der Waals surface area contributed by atoms with Gasteiger partial charge in [-0.05, 0) is 31.9 Å². The molecule has 0 radical (unpaired) electrons. The summed E-state index contributed by atoms with van der Waals surface area (Å²) < 4.78 is 0. The van der Waals surface area contributed by atoms with Crippen LogP contribution < -0.4 is 10.6 Å². The van der Waals surface area contributed by atoms with E-state index in [-0.39, 0.29) is 24.0 Å². The molecule has 1 heterocycles. The molecule has 0 saturated heterocycles. The minimum atomic E-state index is 0. The van der Waals surface area contributed by atoms with Crippen LogP contribution in [0.15, 0.2) is 17.1 Å². The molecule has 1 rings (SSSR count). The first kappa shape index (κ1) is 17.7. The fraction of sp³-hybridized carbons (Fsp3) is 0.615. The first-order valence-corrected chi connectivity index (χ1v) is 6.87. The van der Waals surface area contributed by atoms with Crippen molar-refractivity contribution in [2.45, 2.75) is 40.3 Å². The molecule has 1 aromatic rings. The maximum Gasteiger partial charge on any atom is 0.191 e. The molecule has 1 aromatic heterocycles. The molecule has 0 aromatic carbocycles. The Kier molecular flexibility index (Phi) is 8.60. The van der Waals surface area contributed by atoms with Gasteiger partial charge in [-0.1, -0.05) is 13.8 Å². The molecule has 0 bridgehead atoms. The van der Waals surface area contributed by atoms with Crippen LogP contribution >= 0.6 is 35.3 Å². The second kappa shape index (κ2) is 8.74. The van der Waals surface area contributed by atoms with Crippen molar-refractivity contribution >= 4 is 41.3 Å². The van der Waals surface area contributed by atoms with Crippen molar-refractivity contribution in [1.82, 2.24) is 10.6 Å². The highest BCUT2D eigenvalue weighted by Gasteiger charge is 2.08. The van der Waals surface area contributed by atoms with E-state index in [1.54, 1.807) is 0 Å². The molecule has 0 aliphatic carbocycles. The van der Waals surface area contributed by atoms with Crippen LogP contribution in [0.25, 0.3) is 0 Å². The Morgan fingerprint density at radius 1 is 1.33 bits per heavy atom. The highest BCUT2D eigenvalue weighted by molar-refractivity contribution is 14.0. The van der Waals surface area contributed by atoms with Crippen LogP contribution in [0.2, 0.25) is 0 Å². The van der Waals surface area contributed by atoms with Gasteiger partial charge in [0.05, 0.1) is 6.54 Å². The lowest BCUT2D eigenvalue weighted by atomic mass is 10.1. The highest BCUT2D eigenvalue weighted by atomic mass is 127. The Morgan fingerprint density at radius 3 is 2.44 bits per heavy atom. The van der Waals surface area contributed by atoms with E-state index in [1.807, 2.05) is 18.4 Å². The Bertz CT molecular complexity index is 374. The van der Waals surface area contributed by atoms with Gasteiger partial charge < -0.3 is 10.6 Å². The average Bonchev–Trinajstić information content (AvgIpc) is 2.69. The summed E-state index contributed by atoms with van der Waals surface area (Å²) in [6.07, 6.45) is 0. The number of guanidine groups is 1. The molecule has 3 nitrogen and oxygen atoms in total. The Morgan fingerprint density at radius 2 is 2.00 bits per heavy atom. The topological polar surface area (TPSA) is 36.4 Å². The van der Waals surface area contributed by atoms with E-state index in [0.717, 1.165) is 12.5 Å². The maximum absolute atomic E-state index is 4.23. The average molecular weight is 381 g/mol. The second-order valence-corrected chi connectivity index (χ2v) is 5.99. The van der Waals surface area contributed by atoms with Gasteiger partial charge in [0.2, 0.25) is 0 Å². The monoisotopic (exact) mass is 381 g/mol. The van der Waals surface area contributed by atoms with Gasteiger partial charge in [0.25, 0.3) is 0 Å². The standard InChI is InChI=1S/C13H23N3S.HI/c1-9(2)11(4)16-13(14-5)15-8-12-7-6-10(3)17-12;/h6-7,9,11H,8H2,1-5H3,(H2,14,15,16);1H. The van der Waals surface area contributed by atoms with Gasteiger partial charge in [-0.15, -0.1) is 35.3 Å².